The van der Waals surface area contributed by atoms with E-state index >= 15 is 0 Å². The lowest BCUT2D eigenvalue weighted by atomic mass is 9.71. The number of halogens is 1. The summed E-state index contributed by atoms with van der Waals surface area (Å²) in [5.74, 6) is -0.0272. The number of carboxylic acids is 1. The molecule has 38 heavy (non-hydrogen) atoms. The number of methoxy groups -OCH3 is 1. The van der Waals surface area contributed by atoms with Crippen LogP contribution in [0.15, 0.2) is 58.9 Å². The molecule has 2 aromatic rings. The highest BCUT2D eigenvalue weighted by molar-refractivity contribution is 14.1. The van der Waals surface area contributed by atoms with Gasteiger partial charge in [0, 0.05) is 47.8 Å². The molecule has 5 rings (SSSR count). The van der Waals surface area contributed by atoms with Gasteiger partial charge >= 0.3 is 5.97 Å². The van der Waals surface area contributed by atoms with Crippen LogP contribution in [-0.4, -0.2) is 41.2 Å². The van der Waals surface area contributed by atoms with Crippen LogP contribution in [0, 0.1) is 3.57 Å². The second kappa shape index (κ2) is 10.9. The van der Waals surface area contributed by atoms with Crippen molar-refractivity contribution in [3.63, 3.8) is 0 Å². The number of allylic oxidation sites excluding steroid dienone is 4. The van der Waals surface area contributed by atoms with E-state index in [0.29, 0.717) is 24.3 Å². The van der Waals surface area contributed by atoms with Crippen molar-refractivity contribution in [3.8, 4) is 11.5 Å². The summed E-state index contributed by atoms with van der Waals surface area (Å²) in [5.41, 5.74) is 5.58. The van der Waals surface area contributed by atoms with Crippen molar-refractivity contribution >= 4 is 40.1 Å². The third-order valence-corrected chi connectivity index (χ3v) is 8.37. The molecule has 1 aliphatic heterocycles. The Bertz CT molecular complexity index is 1330. The molecular weight excluding hydrogens is 597 g/mol. The predicted molar refractivity (Wildman–Crippen MR) is 150 cm³/mol. The number of hydrogen-bond donors (Lipinski definition) is 1. The minimum absolute atomic E-state index is 0.124. The Morgan fingerprint density at radius 2 is 1.61 bits per heavy atom. The maximum atomic E-state index is 13.4. The zero-order valence-electron chi connectivity index (χ0n) is 21.5. The fraction of sp³-hybridized carbons (Fsp3) is 0.367. The van der Waals surface area contributed by atoms with Gasteiger partial charge in [-0.3, -0.25) is 9.59 Å². The Morgan fingerprint density at radius 1 is 1.00 bits per heavy atom. The molecule has 0 amide bonds. The Kier molecular flexibility index (Phi) is 7.61. The van der Waals surface area contributed by atoms with Gasteiger partial charge in [0.25, 0.3) is 0 Å². The van der Waals surface area contributed by atoms with Gasteiger partial charge in [-0.1, -0.05) is 12.1 Å². The molecule has 0 bridgehead atoms. The summed E-state index contributed by atoms with van der Waals surface area (Å²) in [4.78, 5) is 40.1. The van der Waals surface area contributed by atoms with Crippen LogP contribution in [0.2, 0.25) is 0 Å². The van der Waals surface area contributed by atoms with Crippen molar-refractivity contribution in [1.29, 1.82) is 0 Å². The van der Waals surface area contributed by atoms with Crippen molar-refractivity contribution in [2.45, 2.75) is 58.0 Å². The number of hydrogen-bond acceptors (Lipinski definition) is 6. The average Bonchev–Trinajstić information content (AvgIpc) is 2.91. The third-order valence-electron chi connectivity index (χ3n) is 7.57. The van der Waals surface area contributed by atoms with Crippen LogP contribution in [0.1, 0.15) is 72.9 Å². The molecule has 3 aliphatic rings. The SMILES string of the molecule is CCN1C2=C(C(=O)CCC2)C(c2cc(I)c(OCc3ccc(C(=O)O)cc3)c(OC)c2)C2=C1CCCC2=O. The first-order chi connectivity index (χ1) is 18.3. The lowest BCUT2D eigenvalue weighted by Gasteiger charge is -2.43. The Balaban J connectivity index is 1.54. The maximum Gasteiger partial charge on any atom is 0.335 e. The van der Waals surface area contributed by atoms with Crippen LogP contribution in [-0.2, 0) is 16.2 Å². The summed E-state index contributed by atoms with van der Waals surface area (Å²) in [6, 6.07) is 10.4. The van der Waals surface area contributed by atoms with Gasteiger partial charge < -0.3 is 19.5 Å². The lowest BCUT2D eigenvalue weighted by Crippen LogP contribution is -2.39. The van der Waals surface area contributed by atoms with Gasteiger partial charge in [-0.2, -0.15) is 0 Å². The molecule has 8 heteroatoms. The molecule has 2 aliphatic carbocycles. The summed E-state index contributed by atoms with van der Waals surface area (Å²) in [5, 5.41) is 9.13. The number of benzene rings is 2. The molecule has 0 unspecified atom stereocenters. The van der Waals surface area contributed by atoms with E-state index in [1.807, 2.05) is 12.1 Å². The zero-order valence-corrected chi connectivity index (χ0v) is 23.7. The molecule has 2 aromatic carbocycles. The van der Waals surface area contributed by atoms with Gasteiger partial charge in [0.2, 0.25) is 0 Å². The highest BCUT2D eigenvalue weighted by Gasteiger charge is 2.43. The molecule has 0 atom stereocenters. The number of ether oxygens (including phenoxy) is 2. The summed E-state index contributed by atoms with van der Waals surface area (Å²) in [6.07, 6.45) is 4.34. The maximum absolute atomic E-state index is 13.4. The second-order valence-corrected chi connectivity index (χ2v) is 10.9. The van der Waals surface area contributed by atoms with Crippen LogP contribution in [0.4, 0.5) is 0 Å². The smallest absolute Gasteiger partial charge is 0.335 e. The Hall–Kier alpha value is -3.14. The van der Waals surface area contributed by atoms with Crippen molar-refractivity contribution in [1.82, 2.24) is 4.90 Å². The second-order valence-electron chi connectivity index (χ2n) is 9.78. The first-order valence-corrected chi connectivity index (χ1v) is 14.0. The number of carbonyl (C=O) groups is 3. The number of ketones is 2. The van der Waals surface area contributed by atoms with Gasteiger partial charge in [-0.15, -0.1) is 0 Å². The number of rotatable bonds is 7. The fourth-order valence-electron chi connectivity index (χ4n) is 5.88. The van der Waals surface area contributed by atoms with Gasteiger partial charge in [-0.05, 0) is 90.6 Å². The van der Waals surface area contributed by atoms with Crippen LogP contribution in [0.5, 0.6) is 11.5 Å². The number of carbonyl (C=O) groups excluding carboxylic acids is 2. The van der Waals surface area contributed by atoms with Gasteiger partial charge in [0.15, 0.2) is 23.1 Å². The summed E-state index contributed by atoms with van der Waals surface area (Å²) in [6.45, 7) is 3.06. The minimum Gasteiger partial charge on any atom is -0.493 e. The number of Topliss-reactive ketones (excluding diaryl/α,β-unsaturated/α-hetero) is 2. The number of nitrogens with zero attached hydrogens (tertiary/aromatic N) is 1. The first-order valence-electron chi connectivity index (χ1n) is 13.0. The summed E-state index contributed by atoms with van der Waals surface area (Å²) < 4.78 is 12.7. The average molecular weight is 627 g/mol. The van der Waals surface area contributed by atoms with E-state index in [1.165, 1.54) is 0 Å². The van der Waals surface area contributed by atoms with E-state index in [9.17, 15) is 14.4 Å². The molecule has 1 N–H and O–H groups in total. The number of aromatic carboxylic acids is 1. The van der Waals surface area contributed by atoms with Crippen molar-refractivity contribution < 1.29 is 29.0 Å². The monoisotopic (exact) mass is 627 g/mol. The molecule has 7 nitrogen and oxygen atoms in total. The van der Waals surface area contributed by atoms with E-state index in [1.54, 1.807) is 31.4 Å². The fourth-order valence-corrected chi connectivity index (χ4v) is 6.66. The van der Waals surface area contributed by atoms with Gasteiger partial charge in [-0.25, -0.2) is 4.79 Å². The predicted octanol–water partition coefficient (Wildman–Crippen LogP) is 6.01. The molecule has 0 aromatic heterocycles. The van der Waals surface area contributed by atoms with Crippen LogP contribution < -0.4 is 9.47 Å². The van der Waals surface area contributed by atoms with E-state index in [4.69, 9.17) is 14.6 Å². The molecule has 0 radical (unpaired) electrons. The van der Waals surface area contributed by atoms with E-state index < -0.39 is 11.9 Å². The Labute approximate surface area is 235 Å². The Morgan fingerprint density at radius 3 is 2.13 bits per heavy atom. The molecule has 0 spiro atoms. The molecule has 1 heterocycles. The van der Waals surface area contributed by atoms with E-state index in [2.05, 4.69) is 34.4 Å². The molecule has 0 saturated carbocycles. The van der Waals surface area contributed by atoms with Crippen LogP contribution in [0.3, 0.4) is 0 Å². The zero-order chi connectivity index (χ0) is 27.0. The van der Waals surface area contributed by atoms with Crippen LogP contribution in [0.25, 0.3) is 0 Å². The molecule has 198 valence electrons. The number of carboxylic acid groups (broad SMARTS) is 1. The lowest BCUT2D eigenvalue weighted by molar-refractivity contribution is -0.117. The normalized spacial score (nSPS) is 17.9. The van der Waals surface area contributed by atoms with Crippen LogP contribution >= 0.6 is 22.6 Å². The topological polar surface area (TPSA) is 93.1 Å². The van der Waals surface area contributed by atoms with E-state index in [0.717, 1.165) is 69.5 Å². The van der Waals surface area contributed by atoms with Gasteiger partial charge in [0.05, 0.1) is 16.2 Å². The quantitative estimate of drug-likeness (QED) is 0.376. The third kappa shape index (κ3) is 4.74. The van der Waals surface area contributed by atoms with Crippen molar-refractivity contribution in [3.05, 3.63) is 79.2 Å². The largest absolute Gasteiger partial charge is 0.493 e. The van der Waals surface area contributed by atoms with Crippen molar-refractivity contribution in [2.24, 2.45) is 0 Å². The summed E-state index contributed by atoms with van der Waals surface area (Å²) in [7, 11) is 1.58. The molecular formula is C30H30INO6. The molecule has 0 fully saturated rings. The summed E-state index contributed by atoms with van der Waals surface area (Å²) >= 11 is 2.21. The highest BCUT2D eigenvalue weighted by atomic mass is 127. The standard InChI is InChI=1S/C30H30INO6/c1-3-32-21-6-4-8-23(33)27(21)26(28-22(32)7-5-9-24(28)34)19-14-20(31)29(25(15-19)37-2)38-16-17-10-12-18(13-11-17)30(35)36/h10-15,26H,3-9,16H2,1-2H3,(H,35,36). The van der Waals surface area contributed by atoms with E-state index in [-0.39, 0.29) is 23.7 Å². The minimum atomic E-state index is -0.974. The first kappa shape index (κ1) is 26.5. The van der Waals surface area contributed by atoms with Gasteiger partial charge in [0.1, 0.15) is 6.61 Å². The molecule has 0 saturated heterocycles. The van der Waals surface area contributed by atoms with Crippen molar-refractivity contribution in [2.75, 3.05) is 13.7 Å². The highest BCUT2D eigenvalue weighted by Crippen LogP contribution is 2.50.